The molecule has 0 aromatic heterocycles. The molecule has 66 valence electrons. The van der Waals surface area contributed by atoms with E-state index in [1.54, 1.807) is 13.0 Å². The van der Waals surface area contributed by atoms with Crippen molar-refractivity contribution in [2.45, 2.75) is 41.0 Å². The minimum absolute atomic E-state index is 0.364. The Bertz CT molecular complexity index is 128. The minimum Gasteiger partial charge on any atom is -0.513 e. The van der Waals surface area contributed by atoms with Gasteiger partial charge in [0.05, 0.1) is 5.76 Å². The zero-order chi connectivity index (χ0) is 9.28. The summed E-state index contributed by atoms with van der Waals surface area (Å²) in [6, 6.07) is 0. The Balaban J connectivity index is 0. The molecule has 1 heteroatoms. The normalized spacial score (nSPS) is 12.1. The van der Waals surface area contributed by atoms with Crippen molar-refractivity contribution in [3.63, 3.8) is 0 Å². The Morgan fingerprint density at radius 2 is 1.64 bits per heavy atom. The van der Waals surface area contributed by atoms with E-state index in [1.807, 2.05) is 26.8 Å². The van der Waals surface area contributed by atoms with Crippen LogP contribution in [0.3, 0.4) is 0 Å². The Kier molecular flexibility index (Phi) is 10.9. The van der Waals surface area contributed by atoms with Gasteiger partial charge in [0, 0.05) is 0 Å². The molecule has 0 radical (unpaired) electrons. The van der Waals surface area contributed by atoms with E-state index in [4.69, 9.17) is 5.11 Å². The summed E-state index contributed by atoms with van der Waals surface area (Å²) < 4.78 is 0. The van der Waals surface area contributed by atoms with Crippen LogP contribution in [0.2, 0.25) is 0 Å². The standard InChI is InChI=1S/C8H14O.C2H6/c1-4-7(2)5-6-8(3)9;1-2/h5-6,9H,4H2,1-3H3;1-2H3/b7-5+,8-6+;. The van der Waals surface area contributed by atoms with Crippen molar-refractivity contribution < 1.29 is 5.11 Å². The van der Waals surface area contributed by atoms with Crippen LogP contribution >= 0.6 is 0 Å². The van der Waals surface area contributed by atoms with Gasteiger partial charge in [-0.2, -0.15) is 0 Å². The third-order valence-corrected chi connectivity index (χ3v) is 1.17. The summed E-state index contributed by atoms with van der Waals surface area (Å²) in [7, 11) is 0. The van der Waals surface area contributed by atoms with Crippen molar-refractivity contribution in [3.05, 3.63) is 23.5 Å². The van der Waals surface area contributed by atoms with E-state index >= 15 is 0 Å². The molecule has 11 heavy (non-hydrogen) atoms. The number of rotatable bonds is 2. The van der Waals surface area contributed by atoms with Crippen LogP contribution in [0.15, 0.2) is 23.5 Å². The Labute approximate surface area is 70.4 Å². The highest BCUT2D eigenvalue weighted by atomic mass is 16.3. The first-order chi connectivity index (χ1) is 5.16. The first kappa shape index (κ1) is 12.9. The number of aliphatic hydroxyl groups is 1. The van der Waals surface area contributed by atoms with Crippen LogP contribution < -0.4 is 0 Å². The number of hydrogen-bond acceptors (Lipinski definition) is 1. The Hall–Kier alpha value is -0.720. The molecular formula is C10H20O. The van der Waals surface area contributed by atoms with Gasteiger partial charge in [0.25, 0.3) is 0 Å². The largest absolute Gasteiger partial charge is 0.513 e. The first-order valence-electron chi connectivity index (χ1n) is 4.19. The summed E-state index contributed by atoms with van der Waals surface area (Å²) in [4.78, 5) is 0. The molecule has 0 aromatic carbocycles. The molecule has 0 aliphatic rings. The summed E-state index contributed by atoms with van der Waals surface area (Å²) in [5.74, 6) is 0.364. The second-order valence-electron chi connectivity index (χ2n) is 2.17. The smallest absolute Gasteiger partial charge is 0.0891 e. The molecule has 0 aromatic rings. The molecule has 0 spiro atoms. The van der Waals surface area contributed by atoms with Gasteiger partial charge < -0.3 is 5.11 Å². The summed E-state index contributed by atoms with van der Waals surface area (Å²) in [6.07, 6.45) is 4.68. The number of aliphatic hydroxyl groups excluding tert-OH is 1. The van der Waals surface area contributed by atoms with Crippen LogP contribution in [0.25, 0.3) is 0 Å². The van der Waals surface area contributed by atoms with Gasteiger partial charge in [0.15, 0.2) is 0 Å². The lowest BCUT2D eigenvalue weighted by atomic mass is 10.2. The van der Waals surface area contributed by atoms with Crippen LogP contribution in [-0.2, 0) is 0 Å². The van der Waals surface area contributed by atoms with Gasteiger partial charge in [-0.15, -0.1) is 0 Å². The van der Waals surface area contributed by atoms with E-state index in [9.17, 15) is 0 Å². The molecule has 0 fully saturated rings. The van der Waals surface area contributed by atoms with E-state index in [-0.39, 0.29) is 0 Å². The molecule has 0 bridgehead atoms. The summed E-state index contributed by atoms with van der Waals surface area (Å²) in [6.45, 7) is 9.80. The van der Waals surface area contributed by atoms with E-state index in [2.05, 4.69) is 6.92 Å². The highest BCUT2D eigenvalue weighted by molar-refractivity contribution is 5.11. The van der Waals surface area contributed by atoms with Crippen molar-refractivity contribution in [2.24, 2.45) is 0 Å². The van der Waals surface area contributed by atoms with E-state index in [0.29, 0.717) is 5.76 Å². The molecule has 0 unspecified atom stereocenters. The van der Waals surface area contributed by atoms with Crippen molar-refractivity contribution in [2.75, 3.05) is 0 Å². The quantitative estimate of drug-likeness (QED) is 0.476. The maximum absolute atomic E-state index is 8.71. The zero-order valence-electron chi connectivity index (χ0n) is 8.31. The molecule has 0 heterocycles. The topological polar surface area (TPSA) is 20.2 Å². The maximum atomic E-state index is 8.71. The first-order valence-corrected chi connectivity index (χ1v) is 4.19. The highest BCUT2D eigenvalue weighted by Crippen LogP contribution is 1.98. The van der Waals surface area contributed by atoms with Crippen LogP contribution in [0.4, 0.5) is 0 Å². The highest BCUT2D eigenvalue weighted by Gasteiger charge is 1.79. The lowest BCUT2D eigenvalue weighted by molar-refractivity contribution is 0.414. The number of hydrogen-bond donors (Lipinski definition) is 1. The van der Waals surface area contributed by atoms with Gasteiger partial charge in [-0.05, 0) is 26.3 Å². The zero-order valence-corrected chi connectivity index (χ0v) is 8.31. The summed E-state index contributed by atoms with van der Waals surface area (Å²) in [5.41, 5.74) is 1.28. The molecule has 1 nitrogen and oxygen atoms in total. The SMILES string of the molecule is CC.CC/C(C)=C/C=C(\C)O. The van der Waals surface area contributed by atoms with Gasteiger partial charge in [-0.3, -0.25) is 0 Å². The average molecular weight is 156 g/mol. The lowest BCUT2D eigenvalue weighted by Crippen LogP contribution is -1.70. The summed E-state index contributed by atoms with van der Waals surface area (Å²) in [5, 5.41) is 8.71. The van der Waals surface area contributed by atoms with Crippen LogP contribution in [0.5, 0.6) is 0 Å². The van der Waals surface area contributed by atoms with Gasteiger partial charge in [-0.1, -0.05) is 32.4 Å². The van der Waals surface area contributed by atoms with Crippen molar-refractivity contribution in [1.82, 2.24) is 0 Å². The van der Waals surface area contributed by atoms with Crippen LogP contribution in [0, 0.1) is 0 Å². The van der Waals surface area contributed by atoms with Crippen LogP contribution in [-0.4, -0.2) is 5.11 Å². The minimum atomic E-state index is 0.364. The van der Waals surface area contributed by atoms with E-state index in [1.165, 1.54) is 5.57 Å². The molecule has 1 N–H and O–H groups in total. The van der Waals surface area contributed by atoms with Crippen molar-refractivity contribution >= 4 is 0 Å². The fourth-order valence-electron chi connectivity index (χ4n) is 0.381. The number of allylic oxidation sites excluding steroid dienone is 4. The predicted molar refractivity (Wildman–Crippen MR) is 51.8 cm³/mol. The van der Waals surface area contributed by atoms with Crippen molar-refractivity contribution in [1.29, 1.82) is 0 Å². The van der Waals surface area contributed by atoms with E-state index in [0.717, 1.165) is 6.42 Å². The predicted octanol–water partition coefficient (Wildman–Crippen LogP) is 3.83. The van der Waals surface area contributed by atoms with E-state index < -0.39 is 0 Å². The lowest BCUT2D eigenvalue weighted by Gasteiger charge is -1.89. The van der Waals surface area contributed by atoms with Crippen LogP contribution in [0.1, 0.15) is 41.0 Å². The molecule has 0 atom stereocenters. The summed E-state index contributed by atoms with van der Waals surface area (Å²) >= 11 is 0. The molecule has 0 aliphatic carbocycles. The van der Waals surface area contributed by atoms with Gasteiger partial charge >= 0.3 is 0 Å². The second kappa shape index (κ2) is 9.28. The monoisotopic (exact) mass is 156 g/mol. The Morgan fingerprint density at radius 3 is 1.91 bits per heavy atom. The van der Waals surface area contributed by atoms with Gasteiger partial charge in [0.1, 0.15) is 0 Å². The molecular weight excluding hydrogens is 136 g/mol. The average Bonchev–Trinajstić information content (AvgIpc) is 2.04. The molecule has 0 saturated carbocycles. The molecule has 0 saturated heterocycles. The third-order valence-electron chi connectivity index (χ3n) is 1.17. The molecule has 0 amide bonds. The maximum Gasteiger partial charge on any atom is 0.0891 e. The van der Waals surface area contributed by atoms with Gasteiger partial charge in [0.2, 0.25) is 0 Å². The Morgan fingerprint density at radius 1 is 1.18 bits per heavy atom. The second-order valence-corrected chi connectivity index (χ2v) is 2.17. The van der Waals surface area contributed by atoms with Gasteiger partial charge in [-0.25, -0.2) is 0 Å². The molecule has 0 aliphatic heterocycles. The third kappa shape index (κ3) is 12.5. The van der Waals surface area contributed by atoms with Crippen molar-refractivity contribution in [3.8, 4) is 0 Å². The molecule has 0 rings (SSSR count). The fourth-order valence-corrected chi connectivity index (χ4v) is 0.381. The fraction of sp³-hybridized carbons (Fsp3) is 0.600.